The van der Waals surface area contributed by atoms with Gasteiger partial charge in [-0.05, 0) is 29.2 Å². The Labute approximate surface area is 91.1 Å². The van der Waals surface area contributed by atoms with Crippen LogP contribution in [0.4, 0.5) is 0 Å². The molecule has 2 rings (SSSR count). The van der Waals surface area contributed by atoms with E-state index in [-0.39, 0.29) is 0 Å². The summed E-state index contributed by atoms with van der Waals surface area (Å²) in [4.78, 5) is 0. The van der Waals surface area contributed by atoms with Crippen LogP contribution in [0.5, 0.6) is 0 Å². The van der Waals surface area contributed by atoms with E-state index >= 15 is 0 Å². The molecule has 1 aromatic carbocycles. The van der Waals surface area contributed by atoms with Gasteiger partial charge in [-0.2, -0.15) is 0 Å². The largest absolute Gasteiger partial charge is 0.372 e. The lowest BCUT2D eigenvalue weighted by Gasteiger charge is -1.98. The Morgan fingerprint density at radius 3 is 2.60 bits per heavy atom. The second kappa shape index (κ2) is 4.94. The topological polar surface area (TPSA) is 9.23 Å². The second-order valence-electron chi connectivity index (χ2n) is 3.71. The maximum absolute atomic E-state index is 5.46. The van der Waals surface area contributed by atoms with Crippen molar-refractivity contribution in [2.24, 2.45) is 0 Å². The highest BCUT2D eigenvalue weighted by Crippen LogP contribution is 2.21. The molecule has 1 fully saturated rings. The van der Waals surface area contributed by atoms with Gasteiger partial charge in [-0.25, -0.2) is 0 Å². The van der Waals surface area contributed by atoms with Gasteiger partial charge in [0.05, 0.1) is 13.2 Å². The quantitative estimate of drug-likeness (QED) is 0.710. The normalized spacial score (nSPS) is 21.4. The van der Waals surface area contributed by atoms with Gasteiger partial charge in [0.1, 0.15) is 0 Å². The minimum Gasteiger partial charge on any atom is -0.372 e. The molecule has 0 spiro atoms. The van der Waals surface area contributed by atoms with Crippen LogP contribution in [0.1, 0.15) is 18.9 Å². The minimum atomic E-state index is 0.751. The number of benzene rings is 1. The van der Waals surface area contributed by atoms with E-state index in [1.54, 1.807) is 0 Å². The highest BCUT2D eigenvalue weighted by Gasteiger charge is 2.12. The van der Waals surface area contributed by atoms with E-state index in [2.05, 4.69) is 43.3 Å². The van der Waals surface area contributed by atoms with E-state index in [1.165, 1.54) is 16.7 Å². The molecule has 78 valence electrons. The van der Waals surface area contributed by atoms with Crippen LogP contribution in [-0.4, -0.2) is 13.2 Å². The van der Waals surface area contributed by atoms with Crippen LogP contribution in [0.15, 0.2) is 47.6 Å². The molecule has 1 aliphatic heterocycles. The summed E-state index contributed by atoms with van der Waals surface area (Å²) < 4.78 is 5.46. The third-order valence-corrected chi connectivity index (χ3v) is 2.52. The summed E-state index contributed by atoms with van der Waals surface area (Å²) in [5.74, 6) is 0. The van der Waals surface area contributed by atoms with Gasteiger partial charge in [-0.1, -0.05) is 43.3 Å². The fourth-order valence-corrected chi connectivity index (χ4v) is 1.78. The van der Waals surface area contributed by atoms with Crippen molar-refractivity contribution in [2.75, 3.05) is 13.2 Å². The van der Waals surface area contributed by atoms with Gasteiger partial charge in [0.15, 0.2) is 0 Å². The lowest BCUT2D eigenvalue weighted by atomic mass is 10.1. The molecule has 0 bridgehead atoms. The molecular formula is C14H16O. The first-order valence-corrected chi connectivity index (χ1v) is 5.43. The number of ether oxygens (including phenoxy) is 1. The number of allylic oxidation sites excluding steroid dienone is 1. The zero-order valence-corrected chi connectivity index (χ0v) is 9.07. The van der Waals surface area contributed by atoms with E-state index in [0.717, 1.165) is 19.6 Å². The predicted octanol–water partition coefficient (Wildman–Crippen LogP) is 3.44. The van der Waals surface area contributed by atoms with Crippen LogP contribution in [0, 0.1) is 0 Å². The monoisotopic (exact) mass is 200 g/mol. The Morgan fingerprint density at radius 2 is 1.87 bits per heavy atom. The van der Waals surface area contributed by atoms with Crippen molar-refractivity contribution < 1.29 is 4.74 Å². The maximum Gasteiger partial charge on any atom is 0.0725 e. The first kappa shape index (κ1) is 10.2. The SMILES string of the molecule is CC/C=C1\COC\C1=C\c1ccccc1. The van der Waals surface area contributed by atoms with Crippen molar-refractivity contribution >= 4 is 6.08 Å². The van der Waals surface area contributed by atoms with Crippen molar-refractivity contribution in [3.05, 3.63) is 53.1 Å². The average molecular weight is 200 g/mol. The van der Waals surface area contributed by atoms with Gasteiger partial charge in [0, 0.05) is 0 Å². The highest BCUT2D eigenvalue weighted by molar-refractivity contribution is 5.59. The van der Waals surface area contributed by atoms with Gasteiger partial charge < -0.3 is 4.74 Å². The summed E-state index contributed by atoms with van der Waals surface area (Å²) in [7, 11) is 0. The van der Waals surface area contributed by atoms with Crippen molar-refractivity contribution in [3.8, 4) is 0 Å². The molecular weight excluding hydrogens is 184 g/mol. The van der Waals surface area contributed by atoms with E-state index in [0.29, 0.717) is 0 Å². The summed E-state index contributed by atoms with van der Waals surface area (Å²) >= 11 is 0. The summed E-state index contributed by atoms with van der Waals surface area (Å²) in [6.45, 7) is 3.68. The molecule has 0 amide bonds. The van der Waals surface area contributed by atoms with Crippen molar-refractivity contribution in [3.63, 3.8) is 0 Å². The number of hydrogen-bond acceptors (Lipinski definition) is 1. The third kappa shape index (κ3) is 2.57. The standard InChI is InChI=1S/C14H16O/c1-2-6-13-10-15-11-14(13)9-12-7-4-3-5-8-12/h3-9H,2,10-11H2,1H3/b13-6+,14-9-. The summed E-state index contributed by atoms with van der Waals surface area (Å²) in [5, 5.41) is 0. The van der Waals surface area contributed by atoms with E-state index in [1.807, 2.05) is 6.07 Å². The lowest BCUT2D eigenvalue weighted by Crippen LogP contribution is -1.85. The van der Waals surface area contributed by atoms with Gasteiger partial charge in [-0.15, -0.1) is 0 Å². The maximum atomic E-state index is 5.46. The van der Waals surface area contributed by atoms with E-state index in [9.17, 15) is 0 Å². The lowest BCUT2D eigenvalue weighted by molar-refractivity contribution is 0.215. The number of hydrogen-bond donors (Lipinski definition) is 0. The Balaban J connectivity index is 2.23. The van der Waals surface area contributed by atoms with Crippen LogP contribution in [0.25, 0.3) is 6.08 Å². The zero-order chi connectivity index (χ0) is 10.5. The molecule has 0 radical (unpaired) electrons. The minimum absolute atomic E-state index is 0.751. The molecule has 0 N–H and O–H groups in total. The molecule has 15 heavy (non-hydrogen) atoms. The molecule has 1 aromatic rings. The van der Waals surface area contributed by atoms with Gasteiger partial charge in [-0.3, -0.25) is 0 Å². The van der Waals surface area contributed by atoms with Gasteiger partial charge in [0.25, 0.3) is 0 Å². The zero-order valence-electron chi connectivity index (χ0n) is 9.07. The summed E-state index contributed by atoms with van der Waals surface area (Å²) in [6, 6.07) is 10.4. The second-order valence-corrected chi connectivity index (χ2v) is 3.71. The predicted molar refractivity (Wildman–Crippen MR) is 63.6 cm³/mol. The molecule has 1 nitrogen and oxygen atoms in total. The fraction of sp³-hybridized carbons (Fsp3) is 0.286. The molecule has 1 heterocycles. The van der Waals surface area contributed by atoms with Crippen molar-refractivity contribution in [1.29, 1.82) is 0 Å². The van der Waals surface area contributed by atoms with Crippen LogP contribution >= 0.6 is 0 Å². The van der Waals surface area contributed by atoms with Crippen LogP contribution in [0.3, 0.4) is 0 Å². The van der Waals surface area contributed by atoms with Crippen LogP contribution in [0.2, 0.25) is 0 Å². The summed E-state index contributed by atoms with van der Waals surface area (Å²) in [5.41, 5.74) is 3.92. The van der Waals surface area contributed by atoms with E-state index in [4.69, 9.17) is 4.74 Å². The Morgan fingerprint density at radius 1 is 1.13 bits per heavy atom. The highest BCUT2D eigenvalue weighted by atomic mass is 16.5. The molecule has 0 aliphatic carbocycles. The van der Waals surface area contributed by atoms with Gasteiger partial charge in [0.2, 0.25) is 0 Å². The molecule has 0 unspecified atom stereocenters. The van der Waals surface area contributed by atoms with Gasteiger partial charge >= 0.3 is 0 Å². The van der Waals surface area contributed by atoms with Crippen molar-refractivity contribution in [1.82, 2.24) is 0 Å². The van der Waals surface area contributed by atoms with E-state index < -0.39 is 0 Å². The number of rotatable bonds is 2. The first-order valence-electron chi connectivity index (χ1n) is 5.43. The molecule has 1 aliphatic rings. The molecule has 0 saturated carbocycles. The first-order chi connectivity index (χ1) is 7.40. The average Bonchev–Trinajstić information content (AvgIpc) is 2.68. The van der Waals surface area contributed by atoms with Crippen LogP contribution < -0.4 is 0 Å². The molecule has 0 atom stereocenters. The molecule has 0 aromatic heterocycles. The molecule has 1 saturated heterocycles. The fourth-order valence-electron chi connectivity index (χ4n) is 1.78. The third-order valence-electron chi connectivity index (χ3n) is 2.52. The smallest absolute Gasteiger partial charge is 0.0725 e. The van der Waals surface area contributed by atoms with Crippen molar-refractivity contribution in [2.45, 2.75) is 13.3 Å². The Bertz CT molecular complexity index is 374. The van der Waals surface area contributed by atoms with Crippen LogP contribution in [-0.2, 0) is 4.74 Å². The Hall–Kier alpha value is -1.34. The Kier molecular flexibility index (Phi) is 3.36. The molecule has 1 heteroatoms. The summed E-state index contributed by atoms with van der Waals surface area (Å²) in [6.07, 6.45) is 5.54.